The van der Waals surface area contributed by atoms with E-state index in [1.54, 1.807) is 6.07 Å². The largest absolute Gasteiger partial charge is 0.466 e. The van der Waals surface area contributed by atoms with Gasteiger partial charge >= 0.3 is 5.97 Å². The molecule has 0 aliphatic heterocycles. The number of aldehydes is 1. The molecule has 1 aromatic carbocycles. The van der Waals surface area contributed by atoms with Gasteiger partial charge in [-0.3, -0.25) is 4.79 Å². The van der Waals surface area contributed by atoms with E-state index in [0.29, 0.717) is 5.56 Å². The Hall–Kier alpha value is -1.55. The highest BCUT2D eigenvalue weighted by Gasteiger charge is 2.07. The molecule has 0 saturated carbocycles. The molecule has 4 heteroatoms. The van der Waals surface area contributed by atoms with Gasteiger partial charge in [0.25, 0.3) is 0 Å². The number of thioether (sulfide) groups is 1. The van der Waals surface area contributed by atoms with Crippen LogP contribution in [0.2, 0.25) is 0 Å². The van der Waals surface area contributed by atoms with Crippen molar-refractivity contribution >= 4 is 24.0 Å². The first-order valence-electron chi connectivity index (χ1n) is 5.71. The summed E-state index contributed by atoms with van der Waals surface area (Å²) in [6.07, 6.45) is 4.02. The average Bonchev–Trinajstić information content (AvgIpc) is 2.39. The van der Waals surface area contributed by atoms with Crippen LogP contribution in [0.4, 0.5) is 0 Å². The number of allylic oxidation sites excluding steroid dienone is 1. The van der Waals surface area contributed by atoms with E-state index in [2.05, 4.69) is 4.74 Å². The molecule has 0 radical (unpaired) electrons. The fourth-order valence-electron chi connectivity index (χ4n) is 1.40. The first kappa shape index (κ1) is 14.5. The normalized spacial score (nSPS) is 11.1. The molecule has 0 aliphatic rings. The molecule has 1 aromatic rings. The van der Waals surface area contributed by atoms with Gasteiger partial charge in [0.2, 0.25) is 0 Å². The van der Waals surface area contributed by atoms with E-state index in [4.69, 9.17) is 0 Å². The lowest BCUT2D eigenvalue weighted by Crippen LogP contribution is -1.96. The molecular weight excluding hydrogens is 248 g/mol. The van der Waals surface area contributed by atoms with Gasteiger partial charge < -0.3 is 4.74 Å². The summed E-state index contributed by atoms with van der Waals surface area (Å²) in [5.41, 5.74) is 0.634. The van der Waals surface area contributed by atoms with Gasteiger partial charge in [-0.15, -0.1) is 0 Å². The molecule has 3 nitrogen and oxygen atoms in total. The Morgan fingerprint density at radius 3 is 2.72 bits per heavy atom. The quantitative estimate of drug-likeness (QED) is 0.341. The van der Waals surface area contributed by atoms with E-state index < -0.39 is 0 Å². The van der Waals surface area contributed by atoms with Crippen molar-refractivity contribution in [1.29, 1.82) is 0 Å². The van der Waals surface area contributed by atoms with Crippen LogP contribution in [-0.4, -0.2) is 19.4 Å². The van der Waals surface area contributed by atoms with Gasteiger partial charge in [-0.25, -0.2) is 4.79 Å². The molecule has 0 atom stereocenters. The van der Waals surface area contributed by atoms with E-state index in [9.17, 15) is 9.59 Å². The minimum absolute atomic E-state index is 0.366. The number of hydrogen-bond donors (Lipinski definition) is 0. The fraction of sp³-hybridized carbons (Fsp3) is 0.286. The Bertz CT molecular complexity index is 452. The smallest absolute Gasteiger partial charge is 0.331 e. The van der Waals surface area contributed by atoms with Crippen LogP contribution < -0.4 is 0 Å². The van der Waals surface area contributed by atoms with Gasteiger partial charge in [0.1, 0.15) is 0 Å². The molecule has 96 valence electrons. The molecule has 0 amide bonds. The van der Waals surface area contributed by atoms with Crippen LogP contribution in [0.3, 0.4) is 0 Å². The third-order valence-electron chi connectivity index (χ3n) is 2.26. The third-order valence-corrected chi connectivity index (χ3v) is 3.44. The summed E-state index contributed by atoms with van der Waals surface area (Å²) in [4.78, 5) is 23.9. The number of carbonyl (C=O) groups is 2. The van der Waals surface area contributed by atoms with Crippen molar-refractivity contribution < 1.29 is 14.3 Å². The molecular formula is C14H16O3S. The maximum absolute atomic E-state index is 11.3. The fourth-order valence-corrected chi connectivity index (χ4v) is 2.53. The van der Waals surface area contributed by atoms with Crippen molar-refractivity contribution in [3.63, 3.8) is 0 Å². The van der Waals surface area contributed by atoms with Crippen LogP contribution >= 0.6 is 11.8 Å². The predicted octanol–water partition coefficient (Wildman–Crippen LogP) is 3.45. The lowest BCUT2D eigenvalue weighted by Gasteiger charge is -2.07. The standard InChI is InChI=1S/C14H16O3S/c1-3-6-12(9-14(16)17-2)18-13-8-5-4-7-11(13)10-15/h4-5,7-10H,3,6H2,1-2H3/b12-9+. The lowest BCUT2D eigenvalue weighted by atomic mass is 10.2. The molecule has 0 aromatic heterocycles. The summed E-state index contributed by atoms with van der Waals surface area (Å²) in [6, 6.07) is 7.32. The zero-order valence-electron chi connectivity index (χ0n) is 10.5. The van der Waals surface area contributed by atoms with Crippen molar-refractivity contribution in [2.24, 2.45) is 0 Å². The van der Waals surface area contributed by atoms with E-state index >= 15 is 0 Å². The maximum Gasteiger partial charge on any atom is 0.331 e. The van der Waals surface area contributed by atoms with Crippen molar-refractivity contribution in [2.75, 3.05) is 7.11 Å². The Balaban J connectivity index is 2.92. The highest BCUT2D eigenvalue weighted by molar-refractivity contribution is 8.03. The minimum atomic E-state index is -0.366. The van der Waals surface area contributed by atoms with Gasteiger partial charge in [-0.1, -0.05) is 43.3 Å². The van der Waals surface area contributed by atoms with Crippen LogP contribution in [0.1, 0.15) is 30.1 Å². The predicted molar refractivity (Wildman–Crippen MR) is 72.7 cm³/mol. The van der Waals surface area contributed by atoms with Crippen LogP contribution in [0.15, 0.2) is 40.1 Å². The SMILES string of the molecule is CCC/C(=C\C(=O)OC)Sc1ccccc1C=O. The van der Waals surface area contributed by atoms with E-state index in [0.717, 1.165) is 28.9 Å². The number of hydrogen-bond acceptors (Lipinski definition) is 4. The second-order valence-corrected chi connectivity index (χ2v) is 4.81. The second-order valence-electron chi connectivity index (χ2n) is 3.64. The van der Waals surface area contributed by atoms with Gasteiger partial charge in [0.05, 0.1) is 7.11 Å². The summed E-state index contributed by atoms with van der Waals surface area (Å²) < 4.78 is 4.62. The minimum Gasteiger partial charge on any atom is -0.466 e. The van der Waals surface area contributed by atoms with Crippen LogP contribution in [0.25, 0.3) is 0 Å². The van der Waals surface area contributed by atoms with Crippen LogP contribution in [-0.2, 0) is 9.53 Å². The molecule has 0 bridgehead atoms. The number of benzene rings is 1. The topological polar surface area (TPSA) is 43.4 Å². The molecule has 0 spiro atoms. The van der Waals surface area contributed by atoms with E-state index in [1.807, 2.05) is 25.1 Å². The van der Waals surface area contributed by atoms with E-state index in [1.165, 1.54) is 24.9 Å². The Labute approximate surface area is 111 Å². The molecule has 0 fully saturated rings. The van der Waals surface area contributed by atoms with Crippen molar-refractivity contribution in [3.05, 3.63) is 40.8 Å². The van der Waals surface area contributed by atoms with Gasteiger partial charge in [-0.05, 0) is 17.4 Å². The summed E-state index contributed by atoms with van der Waals surface area (Å²) in [5.74, 6) is -0.366. The molecule has 0 aliphatic carbocycles. The van der Waals surface area contributed by atoms with E-state index in [-0.39, 0.29) is 5.97 Å². The van der Waals surface area contributed by atoms with Gasteiger partial charge in [0.15, 0.2) is 6.29 Å². The summed E-state index contributed by atoms with van der Waals surface area (Å²) >= 11 is 1.44. The summed E-state index contributed by atoms with van der Waals surface area (Å²) in [5, 5.41) is 0. The number of ether oxygens (including phenoxy) is 1. The molecule has 0 unspecified atom stereocenters. The highest BCUT2D eigenvalue weighted by Crippen LogP contribution is 2.31. The molecule has 1 rings (SSSR count). The second kappa shape index (κ2) is 7.71. The molecule has 0 saturated heterocycles. The number of rotatable bonds is 6. The molecule has 0 heterocycles. The Kier molecular flexibility index (Phi) is 6.22. The van der Waals surface area contributed by atoms with Crippen molar-refractivity contribution in [1.82, 2.24) is 0 Å². The Morgan fingerprint density at radius 1 is 1.39 bits per heavy atom. The maximum atomic E-state index is 11.3. The average molecular weight is 264 g/mol. The van der Waals surface area contributed by atoms with Crippen LogP contribution in [0.5, 0.6) is 0 Å². The zero-order chi connectivity index (χ0) is 13.4. The monoisotopic (exact) mass is 264 g/mol. The number of esters is 1. The molecule has 0 N–H and O–H groups in total. The summed E-state index contributed by atoms with van der Waals surface area (Å²) in [6.45, 7) is 2.04. The van der Waals surface area contributed by atoms with Gasteiger partial charge in [-0.2, -0.15) is 0 Å². The first-order chi connectivity index (χ1) is 8.71. The molecule has 18 heavy (non-hydrogen) atoms. The Morgan fingerprint density at radius 2 is 2.11 bits per heavy atom. The van der Waals surface area contributed by atoms with Crippen molar-refractivity contribution in [3.8, 4) is 0 Å². The van der Waals surface area contributed by atoms with Crippen LogP contribution in [0, 0.1) is 0 Å². The highest BCUT2D eigenvalue weighted by atomic mass is 32.2. The van der Waals surface area contributed by atoms with Gasteiger partial charge in [0, 0.05) is 16.5 Å². The number of carbonyl (C=O) groups excluding carboxylic acids is 2. The lowest BCUT2D eigenvalue weighted by molar-refractivity contribution is -0.134. The first-order valence-corrected chi connectivity index (χ1v) is 6.53. The van der Waals surface area contributed by atoms with Crippen molar-refractivity contribution in [2.45, 2.75) is 24.7 Å². The summed E-state index contributed by atoms with van der Waals surface area (Å²) in [7, 11) is 1.35. The third kappa shape index (κ3) is 4.37. The zero-order valence-corrected chi connectivity index (χ0v) is 11.3. The number of methoxy groups -OCH3 is 1.